The number of unbranched alkanes of at least 4 members (excludes halogenated alkanes) is 2. The van der Waals surface area contributed by atoms with Crippen LogP contribution in [-0.2, 0) is 9.59 Å². The Hall–Kier alpha value is -2.79. The van der Waals surface area contributed by atoms with Crippen LogP contribution in [0, 0.1) is 0 Å². The van der Waals surface area contributed by atoms with E-state index in [1.807, 2.05) is 54.6 Å². The van der Waals surface area contributed by atoms with Crippen LogP contribution in [0.2, 0.25) is 0 Å². The Balaban J connectivity index is 1.60. The van der Waals surface area contributed by atoms with Crippen molar-refractivity contribution in [2.24, 2.45) is 0 Å². The molecule has 3 rings (SSSR count). The molecule has 2 aromatic carbocycles. The van der Waals surface area contributed by atoms with Crippen LogP contribution in [0.4, 0.5) is 5.69 Å². The number of carbonyl (C=O) groups excluding carboxylic acids is 2. The molecule has 0 saturated heterocycles. The summed E-state index contributed by atoms with van der Waals surface area (Å²) >= 11 is 1.47. The Labute approximate surface area is 170 Å². The highest BCUT2D eigenvalue weighted by molar-refractivity contribution is 8.04. The van der Waals surface area contributed by atoms with Crippen LogP contribution < -0.4 is 10.6 Å². The van der Waals surface area contributed by atoms with E-state index in [0.717, 1.165) is 41.0 Å². The number of thioether (sulfide) groups is 1. The van der Waals surface area contributed by atoms with Gasteiger partial charge in [0, 0.05) is 17.5 Å². The molecule has 5 heteroatoms. The average molecular weight is 393 g/mol. The number of rotatable bonds is 7. The molecule has 0 unspecified atom stereocenters. The van der Waals surface area contributed by atoms with Crippen LogP contribution in [0.15, 0.2) is 64.4 Å². The molecule has 144 valence electrons. The zero-order valence-electron chi connectivity index (χ0n) is 15.9. The van der Waals surface area contributed by atoms with E-state index < -0.39 is 0 Å². The highest BCUT2D eigenvalue weighted by Gasteiger charge is 2.20. The number of amides is 2. The Bertz CT molecular complexity index is 901. The van der Waals surface area contributed by atoms with Gasteiger partial charge in [0.2, 0.25) is 5.91 Å². The highest BCUT2D eigenvalue weighted by Crippen LogP contribution is 2.38. The molecule has 0 saturated carbocycles. The molecule has 0 aliphatic carbocycles. The zero-order valence-corrected chi connectivity index (χ0v) is 16.7. The van der Waals surface area contributed by atoms with Gasteiger partial charge < -0.3 is 10.6 Å². The minimum atomic E-state index is -0.0904. The molecule has 2 aromatic rings. The minimum absolute atomic E-state index is 0.0729. The van der Waals surface area contributed by atoms with Crippen molar-refractivity contribution in [3.63, 3.8) is 0 Å². The lowest BCUT2D eigenvalue weighted by Crippen LogP contribution is -2.21. The van der Waals surface area contributed by atoms with Crippen LogP contribution in [0.1, 0.15) is 37.3 Å². The zero-order chi connectivity index (χ0) is 19.8. The molecule has 1 heterocycles. The van der Waals surface area contributed by atoms with Crippen LogP contribution in [0.25, 0.3) is 12.2 Å². The molecular formula is C23H24N2O2S. The van der Waals surface area contributed by atoms with Crippen molar-refractivity contribution in [3.8, 4) is 0 Å². The molecule has 0 spiro atoms. The van der Waals surface area contributed by atoms with Crippen molar-refractivity contribution >= 4 is 41.4 Å². The van der Waals surface area contributed by atoms with E-state index in [2.05, 4.69) is 17.6 Å². The summed E-state index contributed by atoms with van der Waals surface area (Å²) in [6.45, 7) is 2.85. The van der Waals surface area contributed by atoms with Crippen molar-refractivity contribution in [3.05, 3.63) is 70.6 Å². The smallest absolute Gasteiger partial charge is 0.262 e. The van der Waals surface area contributed by atoms with Crippen molar-refractivity contribution in [2.45, 2.75) is 31.1 Å². The molecule has 0 radical (unpaired) electrons. The second-order valence-electron chi connectivity index (χ2n) is 6.56. The summed E-state index contributed by atoms with van der Waals surface area (Å²) in [6.07, 6.45) is 8.51. The number of anilines is 1. The molecular weight excluding hydrogens is 368 g/mol. The van der Waals surface area contributed by atoms with E-state index >= 15 is 0 Å². The summed E-state index contributed by atoms with van der Waals surface area (Å²) in [5.41, 5.74) is 2.73. The Morgan fingerprint density at radius 1 is 1.07 bits per heavy atom. The lowest BCUT2D eigenvalue weighted by atomic mass is 10.1. The molecule has 0 bridgehead atoms. The van der Waals surface area contributed by atoms with Crippen molar-refractivity contribution in [2.75, 3.05) is 11.9 Å². The third-order valence-corrected chi connectivity index (χ3v) is 5.42. The van der Waals surface area contributed by atoms with Crippen LogP contribution in [0.5, 0.6) is 0 Å². The van der Waals surface area contributed by atoms with E-state index in [1.54, 1.807) is 12.2 Å². The quantitative estimate of drug-likeness (QED) is 0.510. The number of nitrogens with one attached hydrogen (secondary N) is 2. The van der Waals surface area contributed by atoms with Crippen LogP contribution >= 0.6 is 11.8 Å². The molecule has 4 nitrogen and oxygen atoms in total. The predicted molar refractivity (Wildman–Crippen MR) is 117 cm³/mol. The molecule has 0 atom stereocenters. The molecule has 0 fully saturated rings. The molecule has 2 amide bonds. The first-order valence-corrected chi connectivity index (χ1v) is 10.3. The van der Waals surface area contributed by atoms with Gasteiger partial charge in [-0.05, 0) is 41.8 Å². The van der Waals surface area contributed by atoms with Crippen LogP contribution in [-0.4, -0.2) is 18.4 Å². The largest absolute Gasteiger partial charge is 0.353 e. The van der Waals surface area contributed by atoms with Crippen molar-refractivity contribution in [1.29, 1.82) is 0 Å². The fraction of sp³-hybridized carbons (Fsp3) is 0.217. The van der Waals surface area contributed by atoms with Crippen molar-refractivity contribution in [1.82, 2.24) is 5.32 Å². The SMILES string of the molecule is CCCCCNC(=O)/C=C/c1ccc(/C=C2/Sc3ccccc3NC2=O)cc1. The van der Waals surface area contributed by atoms with Gasteiger partial charge in [-0.15, -0.1) is 0 Å². The monoisotopic (exact) mass is 392 g/mol. The molecule has 1 aliphatic heterocycles. The topological polar surface area (TPSA) is 58.2 Å². The maximum absolute atomic E-state index is 12.3. The Kier molecular flexibility index (Phi) is 7.09. The van der Waals surface area contributed by atoms with Gasteiger partial charge in [-0.1, -0.05) is 67.9 Å². The normalized spacial score (nSPS) is 14.8. The summed E-state index contributed by atoms with van der Waals surface area (Å²) < 4.78 is 0. The molecule has 1 aliphatic rings. The second kappa shape index (κ2) is 9.95. The maximum Gasteiger partial charge on any atom is 0.262 e. The molecule has 28 heavy (non-hydrogen) atoms. The van der Waals surface area contributed by atoms with E-state index in [0.29, 0.717) is 11.4 Å². The standard InChI is InChI=1S/C23H24N2O2S/c1-2-3-6-15-24-22(26)14-13-17-9-11-18(12-10-17)16-21-23(27)25-19-7-4-5-8-20(19)28-21/h4-5,7-14,16H,2-3,6,15H2,1H3,(H,24,26)(H,25,27)/b14-13+,21-16+. The van der Waals surface area contributed by atoms with Gasteiger partial charge in [-0.25, -0.2) is 0 Å². The number of hydrogen-bond acceptors (Lipinski definition) is 3. The fourth-order valence-electron chi connectivity index (χ4n) is 2.77. The van der Waals surface area contributed by atoms with Crippen LogP contribution in [0.3, 0.4) is 0 Å². The van der Waals surface area contributed by atoms with Gasteiger partial charge in [-0.2, -0.15) is 0 Å². The summed E-state index contributed by atoms with van der Waals surface area (Å²) in [7, 11) is 0. The lowest BCUT2D eigenvalue weighted by Gasteiger charge is -2.18. The molecule has 2 N–H and O–H groups in total. The molecule has 0 aromatic heterocycles. The van der Waals surface area contributed by atoms with E-state index in [9.17, 15) is 9.59 Å². The van der Waals surface area contributed by atoms with Gasteiger partial charge >= 0.3 is 0 Å². The Morgan fingerprint density at radius 2 is 1.82 bits per heavy atom. The summed E-state index contributed by atoms with van der Waals surface area (Å²) in [4.78, 5) is 25.8. The number of para-hydroxylation sites is 1. The lowest BCUT2D eigenvalue weighted by molar-refractivity contribution is -0.116. The third-order valence-electron chi connectivity index (χ3n) is 4.32. The maximum atomic E-state index is 12.3. The first kappa shape index (κ1) is 20.0. The Morgan fingerprint density at radius 3 is 2.61 bits per heavy atom. The van der Waals surface area contributed by atoms with E-state index in [1.165, 1.54) is 11.8 Å². The predicted octanol–water partition coefficient (Wildman–Crippen LogP) is 5.09. The third kappa shape index (κ3) is 5.60. The first-order chi connectivity index (χ1) is 13.7. The number of benzene rings is 2. The summed E-state index contributed by atoms with van der Waals surface area (Å²) in [5, 5.41) is 5.80. The van der Waals surface area contributed by atoms with Gasteiger partial charge in [0.15, 0.2) is 0 Å². The van der Waals surface area contributed by atoms with E-state index in [4.69, 9.17) is 0 Å². The number of fused-ring (bicyclic) bond motifs is 1. The first-order valence-electron chi connectivity index (χ1n) is 9.51. The average Bonchev–Trinajstić information content (AvgIpc) is 2.71. The highest BCUT2D eigenvalue weighted by atomic mass is 32.2. The fourth-order valence-corrected chi connectivity index (χ4v) is 3.73. The van der Waals surface area contributed by atoms with E-state index in [-0.39, 0.29) is 11.8 Å². The van der Waals surface area contributed by atoms with Gasteiger partial charge in [-0.3, -0.25) is 9.59 Å². The minimum Gasteiger partial charge on any atom is -0.353 e. The summed E-state index contributed by atoms with van der Waals surface area (Å²) in [5.74, 6) is -0.163. The van der Waals surface area contributed by atoms with Crippen molar-refractivity contribution < 1.29 is 9.59 Å². The van der Waals surface area contributed by atoms with Gasteiger partial charge in [0.25, 0.3) is 5.91 Å². The number of hydrogen-bond donors (Lipinski definition) is 2. The number of carbonyl (C=O) groups is 2. The summed E-state index contributed by atoms with van der Waals surface area (Å²) in [6, 6.07) is 15.5. The second-order valence-corrected chi connectivity index (χ2v) is 7.64. The van der Waals surface area contributed by atoms with Gasteiger partial charge in [0.05, 0.1) is 10.6 Å². The van der Waals surface area contributed by atoms with Gasteiger partial charge in [0.1, 0.15) is 0 Å².